The molecule has 1 aliphatic rings. The summed E-state index contributed by atoms with van der Waals surface area (Å²) in [6.07, 6.45) is 3.70. The van der Waals surface area contributed by atoms with Crippen molar-refractivity contribution in [3.05, 3.63) is 0 Å². The van der Waals surface area contributed by atoms with E-state index in [1.54, 1.807) is 0 Å². The molecule has 0 aliphatic heterocycles. The minimum Gasteiger partial charge on any atom is -0.466 e. The molecule has 0 radical (unpaired) electrons. The average molecular weight is 270 g/mol. The molecule has 1 aliphatic carbocycles. The van der Waals surface area contributed by atoms with E-state index in [1.807, 2.05) is 20.8 Å². The average Bonchev–Trinajstić information content (AvgIpc) is 2.36. The molecule has 5 nitrogen and oxygen atoms in total. The number of rotatable bonds is 6. The first kappa shape index (κ1) is 16.0. The van der Waals surface area contributed by atoms with E-state index in [9.17, 15) is 9.59 Å². The second-order valence-corrected chi connectivity index (χ2v) is 5.42. The topological polar surface area (TPSA) is 67.4 Å². The fourth-order valence-electron chi connectivity index (χ4n) is 2.46. The molecule has 0 heterocycles. The Morgan fingerprint density at radius 3 is 2.68 bits per heavy atom. The molecule has 110 valence electrons. The second kappa shape index (κ2) is 8.15. The molecule has 5 heteroatoms. The van der Waals surface area contributed by atoms with Gasteiger partial charge in [-0.25, -0.2) is 0 Å². The highest BCUT2D eigenvalue weighted by molar-refractivity contribution is 5.78. The van der Waals surface area contributed by atoms with Crippen LogP contribution in [0.5, 0.6) is 0 Å². The van der Waals surface area contributed by atoms with Crippen molar-refractivity contribution in [2.24, 2.45) is 5.92 Å². The van der Waals surface area contributed by atoms with Gasteiger partial charge in [0, 0.05) is 12.1 Å². The highest BCUT2D eigenvalue weighted by atomic mass is 16.5. The number of hydrogen-bond donors (Lipinski definition) is 2. The van der Waals surface area contributed by atoms with Crippen LogP contribution in [0.4, 0.5) is 0 Å². The Morgan fingerprint density at radius 1 is 1.32 bits per heavy atom. The van der Waals surface area contributed by atoms with Crippen molar-refractivity contribution >= 4 is 11.9 Å². The number of nitrogens with one attached hydrogen (secondary N) is 2. The largest absolute Gasteiger partial charge is 0.466 e. The predicted molar refractivity (Wildman–Crippen MR) is 73.7 cm³/mol. The maximum absolute atomic E-state index is 11.7. The van der Waals surface area contributed by atoms with E-state index in [2.05, 4.69) is 10.6 Å². The molecule has 0 spiro atoms. The normalized spacial score (nSPS) is 23.2. The lowest BCUT2D eigenvalue weighted by Crippen LogP contribution is -2.43. The molecule has 1 amide bonds. The molecule has 2 N–H and O–H groups in total. The lowest BCUT2D eigenvalue weighted by molar-refractivity contribution is -0.149. The van der Waals surface area contributed by atoms with Gasteiger partial charge in [0.15, 0.2) is 0 Å². The molecule has 0 bridgehead atoms. The quantitative estimate of drug-likeness (QED) is 0.712. The molecular formula is C14H26N2O3. The summed E-state index contributed by atoms with van der Waals surface area (Å²) >= 11 is 0. The zero-order chi connectivity index (χ0) is 14.3. The van der Waals surface area contributed by atoms with Gasteiger partial charge in [-0.3, -0.25) is 9.59 Å². The standard InChI is InChI=1S/C14H26N2O3/c1-4-19-14(18)11-6-5-7-12(8-11)15-9-13(17)16-10(2)3/h10-12,15H,4-9H2,1-3H3,(H,16,17). The number of hydrogen-bond acceptors (Lipinski definition) is 4. The van der Waals surface area contributed by atoms with Crippen LogP contribution in [-0.2, 0) is 14.3 Å². The molecule has 0 saturated heterocycles. The minimum atomic E-state index is -0.0966. The van der Waals surface area contributed by atoms with Crippen molar-refractivity contribution in [3.8, 4) is 0 Å². The van der Waals surface area contributed by atoms with Gasteiger partial charge in [-0.05, 0) is 40.0 Å². The summed E-state index contributed by atoms with van der Waals surface area (Å²) < 4.78 is 5.06. The Kier molecular flexibility index (Phi) is 6.84. The van der Waals surface area contributed by atoms with Crippen LogP contribution in [0.1, 0.15) is 46.5 Å². The van der Waals surface area contributed by atoms with Gasteiger partial charge in [-0.2, -0.15) is 0 Å². The van der Waals surface area contributed by atoms with E-state index in [1.165, 1.54) is 0 Å². The molecule has 0 aromatic rings. The van der Waals surface area contributed by atoms with Crippen LogP contribution in [0, 0.1) is 5.92 Å². The highest BCUT2D eigenvalue weighted by Gasteiger charge is 2.28. The summed E-state index contributed by atoms with van der Waals surface area (Å²) in [5, 5.41) is 6.08. The van der Waals surface area contributed by atoms with Crippen molar-refractivity contribution in [2.75, 3.05) is 13.2 Å². The van der Waals surface area contributed by atoms with E-state index in [0.29, 0.717) is 13.2 Å². The van der Waals surface area contributed by atoms with Crippen LogP contribution < -0.4 is 10.6 Å². The van der Waals surface area contributed by atoms with Crippen molar-refractivity contribution in [1.82, 2.24) is 10.6 Å². The zero-order valence-electron chi connectivity index (χ0n) is 12.2. The number of esters is 1. The third-order valence-electron chi connectivity index (χ3n) is 3.30. The van der Waals surface area contributed by atoms with Crippen molar-refractivity contribution in [3.63, 3.8) is 0 Å². The molecule has 1 rings (SSSR count). The number of amides is 1. The van der Waals surface area contributed by atoms with Crippen molar-refractivity contribution in [1.29, 1.82) is 0 Å². The van der Waals surface area contributed by atoms with Gasteiger partial charge in [-0.1, -0.05) is 6.42 Å². The van der Waals surface area contributed by atoms with E-state index >= 15 is 0 Å². The lowest BCUT2D eigenvalue weighted by Gasteiger charge is -2.28. The minimum absolute atomic E-state index is 0.00765. The SMILES string of the molecule is CCOC(=O)C1CCCC(NCC(=O)NC(C)C)C1. The molecule has 2 atom stereocenters. The third-order valence-corrected chi connectivity index (χ3v) is 3.30. The maximum atomic E-state index is 11.7. The molecular weight excluding hydrogens is 244 g/mol. The Labute approximate surface area is 115 Å². The zero-order valence-corrected chi connectivity index (χ0v) is 12.2. The van der Waals surface area contributed by atoms with E-state index in [-0.39, 0.29) is 29.9 Å². The van der Waals surface area contributed by atoms with Crippen LogP contribution in [0.25, 0.3) is 0 Å². The van der Waals surface area contributed by atoms with Crippen LogP contribution in [-0.4, -0.2) is 37.1 Å². The van der Waals surface area contributed by atoms with Crippen LogP contribution >= 0.6 is 0 Å². The summed E-state index contributed by atoms with van der Waals surface area (Å²) in [6, 6.07) is 0.397. The fraction of sp³-hybridized carbons (Fsp3) is 0.857. The van der Waals surface area contributed by atoms with Crippen LogP contribution in [0.2, 0.25) is 0 Å². The fourth-order valence-corrected chi connectivity index (χ4v) is 2.46. The van der Waals surface area contributed by atoms with Gasteiger partial charge < -0.3 is 15.4 Å². The number of carbonyl (C=O) groups excluding carboxylic acids is 2. The van der Waals surface area contributed by atoms with E-state index in [4.69, 9.17) is 4.74 Å². The van der Waals surface area contributed by atoms with Gasteiger partial charge in [0.1, 0.15) is 0 Å². The van der Waals surface area contributed by atoms with Gasteiger partial charge in [0.2, 0.25) is 5.91 Å². The number of carbonyl (C=O) groups is 2. The Morgan fingerprint density at radius 2 is 2.05 bits per heavy atom. The first-order valence-electron chi connectivity index (χ1n) is 7.22. The monoisotopic (exact) mass is 270 g/mol. The molecule has 1 fully saturated rings. The van der Waals surface area contributed by atoms with Crippen LogP contribution in [0.3, 0.4) is 0 Å². The summed E-state index contributed by atoms with van der Waals surface area (Å²) in [5.74, 6) is -0.103. The van der Waals surface area contributed by atoms with Gasteiger partial charge in [0.25, 0.3) is 0 Å². The predicted octanol–water partition coefficient (Wildman–Crippen LogP) is 1.22. The Bertz CT molecular complexity index is 305. The molecule has 0 aromatic carbocycles. The van der Waals surface area contributed by atoms with Crippen LogP contribution in [0.15, 0.2) is 0 Å². The summed E-state index contributed by atoms with van der Waals surface area (Å²) in [4.78, 5) is 23.2. The Balaban J connectivity index is 2.30. The third kappa shape index (κ3) is 6.05. The highest BCUT2D eigenvalue weighted by Crippen LogP contribution is 2.25. The summed E-state index contributed by atoms with van der Waals surface area (Å²) in [5.41, 5.74) is 0. The second-order valence-electron chi connectivity index (χ2n) is 5.42. The van der Waals surface area contributed by atoms with Gasteiger partial charge >= 0.3 is 5.97 Å². The van der Waals surface area contributed by atoms with Gasteiger partial charge in [-0.15, -0.1) is 0 Å². The summed E-state index contributed by atoms with van der Waals surface area (Å²) in [6.45, 7) is 6.46. The van der Waals surface area contributed by atoms with E-state index < -0.39 is 0 Å². The molecule has 19 heavy (non-hydrogen) atoms. The summed E-state index contributed by atoms with van der Waals surface area (Å²) in [7, 11) is 0. The number of ether oxygens (including phenoxy) is 1. The first-order valence-corrected chi connectivity index (χ1v) is 7.22. The van der Waals surface area contributed by atoms with Crippen molar-refractivity contribution < 1.29 is 14.3 Å². The van der Waals surface area contributed by atoms with Gasteiger partial charge in [0.05, 0.1) is 19.1 Å². The lowest BCUT2D eigenvalue weighted by atomic mass is 9.86. The van der Waals surface area contributed by atoms with Crippen molar-refractivity contribution in [2.45, 2.75) is 58.5 Å². The molecule has 2 unspecified atom stereocenters. The Hall–Kier alpha value is -1.10. The van der Waals surface area contributed by atoms with E-state index in [0.717, 1.165) is 25.7 Å². The molecule has 0 aromatic heterocycles. The smallest absolute Gasteiger partial charge is 0.308 e. The maximum Gasteiger partial charge on any atom is 0.308 e. The first-order chi connectivity index (χ1) is 9.02. The molecule has 1 saturated carbocycles.